The van der Waals surface area contributed by atoms with Gasteiger partial charge in [0.05, 0.1) is 18.8 Å². The zero-order valence-electron chi connectivity index (χ0n) is 45.5. The number of fused-ring (bicyclic) bond motifs is 3. The van der Waals surface area contributed by atoms with Gasteiger partial charge in [-0.25, -0.2) is 4.99 Å². The van der Waals surface area contributed by atoms with E-state index in [9.17, 15) is 20.4 Å². The summed E-state index contributed by atoms with van der Waals surface area (Å²) in [4.78, 5) is 8.86. The van der Waals surface area contributed by atoms with E-state index in [1.54, 1.807) is 6.07 Å². The van der Waals surface area contributed by atoms with Gasteiger partial charge in [-0.15, -0.1) is 0 Å². The highest BCUT2D eigenvalue weighted by Gasteiger charge is 2.52. The maximum absolute atomic E-state index is 11.7. The SMILES string of the molecule is C[C@H](O)CNC[C@@H]1c2cc([C@@H](O)COc3cc(CCc4cc(CO)c(CC[C@@H]5CC[C@H]6[C@H]7CSSC[C@@H](N=C(N)NC8CCCCC8)[C@@H](C)CC[C@H]6[C@H](C5)C[C@H]7N)o4)ccc3O)[nH]c2CC2(CCCC2)[C@H]2CCC[C@@H]12. The second kappa shape index (κ2) is 25.5. The number of nitrogens with two attached hydrogens (primary N) is 2. The van der Waals surface area contributed by atoms with Crippen LogP contribution in [0.15, 0.2) is 39.7 Å². The van der Waals surface area contributed by atoms with Gasteiger partial charge >= 0.3 is 0 Å². The van der Waals surface area contributed by atoms with Crippen LogP contribution in [0.25, 0.3) is 0 Å². The Morgan fingerprint density at radius 2 is 1.71 bits per heavy atom. The molecule has 11 N–H and O–H groups in total. The van der Waals surface area contributed by atoms with Crippen LogP contribution in [0.1, 0.15) is 187 Å². The molecule has 7 aliphatic rings. The molecule has 5 saturated carbocycles. The van der Waals surface area contributed by atoms with Crippen molar-refractivity contribution in [3.05, 3.63) is 69.9 Å². The van der Waals surface area contributed by atoms with Gasteiger partial charge in [0.2, 0.25) is 0 Å². The smallest absolute Gasteiger partial charge is 0.189 e. The summed E-state index contributed by atoms with van der Waals surface area (Å²) >= 11 is 0. The van der Waals surface area contributed by atoms with E-state index < -0.39 is 12.2 Å². The van der Waals surface area contributed by atoms with Gasteiger partial charge in [-0.05, 0) is 185 Å². The van der Waals surface area contributed by atoms with Crippen LogP contribution in [-0.2, 0) is 32.3 Å². The predicted molar refractivity (Wildman–Crippen MR) is 305 cm³/mol. The molecule has 0 radical (unpaired) electrons. The number of guanidine groups is 1. The molecule has 3 heterocycles. The fourth-order valence-electron chi connectivity index (χ4n) is 16.4. The first kappa shape index (κ1) is 55.5. The molecule has 1 aromatic carbocycles. The Labute approximate surface area is 456 Å². The number of aromatic hydroxyl groups is 1. The number of H-pyrrole nitrogens is 1. The van der Waals surface area contributed by atoms with Crippen LogP contribution in [-0.4, -0.2) is 86.8 Å². The molecule has 0 amide bonds. The number of rotatable bonds is 17. The second-order valence-electron chi connectivity index (χ2n) is 25.2. The summed E-state index contributed by atoms with van der Waals surface area (Å²) in [6.07, 6.45) is 25.5. The fourth-order valence-corrected chi connectivity index (χ4v) is 19.2. The van der Waals surface area contributed by atoms with Gasteiger partial charge in [0, 0.05) is 72.4 Å². The lowest BCUT2D eigenvalue weighted by Crippen LogP contribution is -2.47. The van der Waals surface area contributed by atoms with Gasteiger partial charge in [-0.3, -0.25) is 0 Å². The number of aryl methyl sites for hydroxylation is 3. The molecule has 3 aromatic rings. The number of aliphatic hydroxyl groups excluding tert-OH is 3. The monoisotopic (exact) mass is 1070 g/mol. The molecular weight excluding hydrogens is 977 g/mol. The minimum atomic E-state index is -0.888. The van der Waals surface area contributed by atoms with Crippen molar-refractivity contribution in [2.24, 2.45) is 69.2 Å². The zero-order chi connectivity index (χ0) is 52.1. The highest BCUT2D eigenvalue weighted by molar-refractivity contribution is 8.76. The summed E-state index contributed by atoms with van der Waals surface area (Å²) in [6.45, 7) is 5.61. The van der Waals surface area contributed by atoms with Gasteiger partial charge in [0.15, 0.2) is 17.5 Å². The lowest BCUT2D eigenvalue weighted by Gasteiger charge is -2.46. The number of aliphatic hydroxyl groups is 3. The Bertz CT molecular complexity index is 2330. The first-order valence-electron chi connectivity index (χ1n) is 30.0. The summed E-state index contributed by atoms with van der Waals surface area (Å²) in [6, 6.07) is 10.7. The Hall–Kier alpha value is -2.85. The molecule has 1 spiro atoms. The molecular formula is C61H94N6O6S2. The number of furan rings is 1. The standard InChI is InChI=1S/C61H94N6O6S2/c1-37-13-19-45-41-25-39(15-20-46(45)50(52(62)28-41)35-74-75-36-55(37)67-60(63)65-43-9-4-3-5-10-43)17-22-58-42(33-68)27-44(73-58)18-14-40-16-21-56(70)59(26-40)72-34-57(71)53-29-48-49(32-64-31-38(2)69)47-11-8-12-51(47)61(23-6-7-24-61)30-54(48)66-53/h16,21,26-27,29,37-39,41,43,45-47,49-52,55,57,64,66,68-71H,3-15,17-20,22-25,28,30-36,62H2,1-2H3,(H3,63,65,67)/t37-,38-,39-,41+,45-,46+,47-,49-,50+,51-,52+,55+,57-/m0/s1. The predicted octanol–water partition coefficient (Wildman–Crippen LogP) is 10.6. The van der Waals surface area contributed by atoms with E-state index in [0.717, 1.165) is 78.0 Å². The normalized spacial score (nSPS) is 32.2. The minimum Gasteiger partial charge on any atom is -0.504 e. The molecule has 75 heavy (non-hydrogen) atoms. The lowest BCUT2D eigenvalue weighted by atomic mass is 9.62. The van der Waals surface area contributed by atoms with Crippen molar-refractivity contribution in [1.29, 1.82) is 0 Å². The van der Waals surface area contributed by atoms with Crippen molar-refractivity contribution in [1.82, 2.24) is 15.6 Å². The molecule has 0 unspecified atom stereocenters. The number of aliphatic imine (C=N–C) groups is 1. The lowest BCUT2D eigenvalue weighted by molar-refractivity contribution is 0.0716. The first-order valence-corrected chi connectivity index (χ1v) is 32.5. The number of ether oxygens (including phenoxy) is 1. The summed E-state index contributed by atoms with van der Waals surface area (Å²) in [5.74, 6) is 10.2. The van der Waals surface area contributed by atoms with E-state index in [1.165, 1.54) is 120 Å². The van der Waals surface area contributed by atoms with Crippen molar-refractivity contribution < 1.29 is 29.6 Å². The fraction of sp³-hybridized carbons (Fsp3) is 0.754. The third-order valence-corrected chi connectivity index (χ3v) is 22.8. The highest BCUT2D eigenvalue weighted by atomic mass is 33.1. The number of hydrogen-bond donors (Lipinski definition) is 9. The van der Waals surface area contributed by atoms with Gasteiger partial charge in [-0.2, -0.15) is 0 Å². The van der Waals surface area contributed by atoms with Gasteiger partial charge < -0.3 is 56.7 Å². The Kier molecular flexibility index (Phi) is 18.9. The van der Waals surface area contributed by atoms with Crippen LogP contribution in [0.5, 0.6) is 11.5 Å². The number of phenols is 1. The van der Waals surface area contributed by atoms with Crippen LogP contribution >= 0.6 is 21.6 Å². The molecule has 14 heteroatoms. The Balaban J connectivity index is 0.738. The van der Waals surface area contributed by atoms with Crippen molar-refractivity contribution in [2.75, 3.05) is 31.2 Å². The maximum Gasteiger partial charge on any atom is 0.189 e. The Morgan fingerprint density at radius 1 is 0.893 bits per heavy atom. The number of nitrogens with zero attached hydrogens (tertiary/aromatic N) is 1. The Morgan fingerprint density at radius 3 is 2.52 bits per heavy atom. The molecule has 12 nitrogen and oxygen atoms in total. The van der Waals surface area contributed by atoms with Crippen LogP contribution in [0.3, 0.4) is 0 Å². The number of aromatic amines is 1. The third-order valence-electron chi connectivity index (χ3n) is 20.3. The number of hydrogen-bond acceptors (Lipinski definition) is 11. The average Bonchev–Trinajstić information content (AvgIpc) is 4.26. The average molecular weight is 1070 g/mol. The quantitative estimate of drug-likeness (QED) is 0.0352. The zero-order valence-corrected chi connectivity index (χ0v) is 47.1. The van der Waals surface area contributed by atoms with Crippen LogP contribution < -0.4 is 26.8 Å². The maximum atomic E-state index is 11.7. The molecule has 6 aliphatic carbocycles. The van der Waals surface area contributed by atoms with Crippen LogP contribution in [0, 0.1) is 52.8 Å². The van der Waals surface area contributed by atoms with E-state index in [-0.39, 0.29) is 31.0 Å². The van der Waals surface area contributed by atoms with E-state index in [4.69, 9.17) is 25.6 Å². The molecule has 416 valence electrons. The first-order chi connectivity index (χ1) is 36.4. The van der Waals surface area contributed by atoms with Crippen LogP contribution in [0.2, 0.25) is 0 Å². The molecule has 10 rings (SSSR count). The highest BCUT2D eigenvalue weighted by Crippen LogP contribution is 2.60. The third kappa shape index (κ3) is 13.3. The molecule has 6 fully saturated rings. The molecule has 1 aliphatic heterocycles. The largest absolute Gasteiger partial charge is 0.504 e. The molecule has 1 saturated heterocycles. The van der Waals surface area contributed by atoms with Gasteiger partial charge in [0.25, 0.3) is 0 Å². The topological polar surface area (TPSA) is 208 Å². The van der Waals surface area contributed by atoms with Gasteiger partial charge in [0.1, 0.15) is 24.2 Å². The van der Waals surface area contributed by atoms with Crippen molar-refractivity contribution in [2.45, 2.75) is 204 Å². The summed E-state index contributed by atoms with van der Waals surface area (Å²) in [7, 11) is 4.00. The van der Waals surface area contributed by atoms with Crippen molar-refractivity contribution >= 4 is 27.5 Å². The summed E-state index contributed by atoms with van der Waals surface area (Å²) in [5.41, 5.74) is 19.3. The number of benzene rings is 1. The minimum absolute atomic E-state index is 0.0120. The number of aromatic nitrogens is 1. The van der Waals surface area contributed by atoms with Crippen molar-refractivity contribution in [3.8, 4) is 11.5 Å². The second-order valence-corrected chi connectivity index (χ2v) is 27.8. The van der Waals surface area contributed by atoms with Crippen molar-refractivity contribution in [3.63, 3.8) is 0 Å². The summed E-state index contributed by atoms with van der Waals surface area (Å²) < 4.78 is 12.8. The van der Waals surface area contributed by atoms with E-state index in [1.807, 2.05) is 46.7 Å². The summed E-state index contributed by atoms with van der Waals surface area (Å²) in [5, 5.41) is 50.4. The number of phenolic OH excluding ortho intramolecular Hbond substituents is 1. The van der Waals surface area contributed by atoms with E-state index >= 15 is 0 Å². The molecule has 2 aromatic heterocycles. The number of nitrogens with one attached hydrogen (secondary N) is 3. The molecule has 13 atom stereocenters. The van der Waals surface area contributed by atoms with Gasteiger partial charge in [-0.1, -0.05) is 79.5 Å². The molecule has 4 bridgehead atoms. The van der Waals surface area contributed by atoms with E-state index in [2.05, 4.69) is 28.6 Å². The van der Waals surface area contributed by atoms with Crippen LogP contribution in [0.4, 0.5) is 0 Å². The van der Waals surface area contributed by atoms with E-state index in [0.29, 0.717) is 89.9 Å².